The van der Waals surface area contributed by atoms with Gasteiger partial charge in [0.1, 0.15) is 6.29 Å². The van der Waals surface area contributed by atoms with Crippen molar-refractivity contribution in [1.82, 2.24) is 0 Å². The van der Waals surface area contributed by atoms with Crippen molar-refractivity contribution in [2.24, 2.45) is 11.8 Å². The van der Waals surface area contributed by atoms with Gasteiger partial charge in [-0.25, -0.2) is 0 Å². The van der Waals surface area contributed by atoms with E-state index in [1.807, 2.05) is 0 Å². The van der Waals surface area contributed by atoms with Crippen LogP contribution in [0.3, 0.4) is 0 Å². The van der Waals surface area contributed by atoms with Crippen LogP contribution in [0.1, 0.15) is 44.9 Å². The van der Waals surface area contributed by atoms with Crippen LogP contribution >= 0.6 is 0 Å². The Balaban J connectivity index is 2.15. The summed E-state index contributed by atoms with van der Waals surface area (Å²) in [6.45, 7) is 0. The average molecular weight is 182 g/mol. The fraction of sp³-hybridized carbons (Fsp3) is 0.909. The zero-order valence-electron chi connectivity index (χ0n) is 8.04. The van der Waals surface area contributed by atoms with E-state index in [2.05, 4.69) is 0 Å². The lowest BCUT2D eigenvalue weighted by molar-refractivity contribution is -0.129. The van der Waals surface area contributed by atoms with E-state index in [0.29, 0.717) is 0 Å². The van der Waals surface area contributed by atoms with Crippen molar-refractivity contribution >= 4 is 6.29 Å². The van der Waals surface area contributed by atoms with Gasteiger partial charge in [0, 0.05) is 5.92 Å². The van der Waals surface area contributed by atoms with Crippen LogP contribution in [0.15, 0.2) is 0 Å². The smallest absolute Gasteiger partial charge is 0.123 e. The van der Waals surface area contributed by atoms with Crippen LogP contribution in [0.2, 0.25) is 0 Å². The maximum absolute atomic E-state index is 10.8. The van der Waals surface area contributed by atoms with E-state index in [1.54, 1.807) is 0 Å². The van der Waals surface area contributed by atoms with E-state index in [-0.39, 0.29) is 11.8 Å². The molecule has 0 bridgehead atoms. The summed E-state index contributed by atoms with van der Waals surface area (Å²) >= 11 is 0. The van der Waals surface area contributed by atoms with Crippen molar-refractivity contribution < 1.29 is 9.90 Å². The third kappa shape index (κ3) is 1.52. The van der Waals surface area contributed by atoms with Crippen molar-refractivity contribution in [1.29, 1.82) is 0 Å². The molecule has 0 aliphatic heterocycles. The van der Waals surface area contributed by atoms with Gasteiger partial charge in [-0.1, -0.05) is 12.8 Å². The van der Waals surface area contributed by atoms with E-state index in [1.165, 1.54) is 6.42 Å². The number of carbonyl (C=O) groups is 1. The Bertz CT molecular complexity index is 198. The first-order valence-electron chi connectivity index (χ1n) is 5.44. The lowest BCUT2D eigenvalue weighted by atomic mass is 9.63. The van der Waals surface area contributed by atoms with Gasteiger partial charge in [0.15, 0.2) is 0 Å². The van der Waals surface area contributed by atoms with Gasteiger partial charge in [-0.3, -0.25) is 0 Å². The molecule has 3 atom stereocenters. The molecule has 2 fully saturated rings. The highest BCUT2D eigenvalue weighted by Crippen LogP contribution is 2.45. The minimum absolute atomic E-state index is 0.138. The summed E-state index contributed by atoms with van der Waals surface area (Å²) in [6, 6.07) is 0. The molecule has 0 heterocycles. The van der Waals surface area contributed by atoms with E-state index in [4.69, 9.17) is 0 Å². The number of aldehydes is 1. The monoisotopic (exact) mass is 182 g/mol. The normalized spacial score (nSPS) is 45.3. The average Bonchev–Trinajstić information content (AvgIpc) is 2.15. The van der Waals surface area contributed by atoms with Crippen molar-refractivity contribution in [3.63, 3.8) is 0 Å². The number of hydrogen-bond acceptors (Lipinski definition) is 2. The van der Waals surface area contributed by atoms with Crippen molar-refractivity contribution in [2.45, 2.75) is 50.5 Å². The number of carbonyl (C=O) groups excluding carboxylic acids is 1. The van der Waals surface area contributed by atoms with Crippen LogP contribution in [0, 0.1) is 11.8 Å². The summed E-state index contributed by atoms with van der Waals surface area (Å²) < 4.78 is 0. The zero-order chi connectivity index (χ0) is 9.31. The minimum Gasteiger partial charge on any atom is -0.390 e. The van der Waals surface area contributed by atoms with Gasteiger partial charge in [0.25, 0.3) is 0 Å². The van der Waals surface area contributed by atoms with Gasteiger partial charge in [-0.05, 0) is 38.0 Å². The summed E-state index contributed by atoms with van der Waals surface area (Å²) in [5.74, 6) is 0.409. The van der Waals surface area contributed by atoms with Gasteiger partial charge >= 0.3 is 0 Å². The first-order chi connectivity index (χ1) is 6.26. The predicted molar refractivity (Wildman–Crippen MR) is 50.3 cm³/mol. The summed E-state index contributed by atoms with van der Waals surface area (Å²) in [7, 11) is 0. The largest absolute Gasteiger partial charge is 0.390 e. The highest BCUT2D eigenvalue weighted by molar-refractivity contribution is 5.54. The van der Waals surface area contributed by atoms with Crippen molar-refractivity contribution in [3.05, 3.63) is 0 Å². The Morgan fingerprint density at radius 2 is 1.92 bits per heavy atom. The Morgan fingerprint density at radius 3 is 2.69 bits per heavy atom. The molecule has 0 aromatic rings. The molecule has 1 unspecified atom stereocenters. The van der Waals surface area contributed by atoms with E-state index in [0.717, 1.165) is 44.8 Å². The van der Waals surface area contributed by atoms with Crippen LogP contribution in [0.5, 0.6) is 0 Å². The quantitative estimate of drug-likeness (QED) is 0.629. The second-order valence-electron chi connectivity index (χ2n) is 4.65. The molecular formula is C11H18O2. The van der Waals surface area contributed by atoms with Crippen LogP contribution in [0.4, 0.5) is 0 Å². The summed E-state index contributed by atoms with van der Waals surface area (Å²) in [5, 5.41) is 10.3. The number of rotatable bonds is 1. The van der Waals surface area contributed by atoms with E-state index >= 15 is 0 Å². The number of fused-ring (bicyclic) bond motifs is 1. The number of hydrogen-bond donors (Lipinski definition) is 1. The molecule has 0 spiro atoms. The van der Waals surface area contributed by atoms with Crippen LogP contribution in [0.25, 0.3) is 0 Å². The number of aliphatic hydroxyl groups is 1. The molecule has 0 amide bonds. The summed E-state index contributed by atoms with van der Waals surface area (Å²) in [4.78, 5) is 10.8. The second-order valence-corrected chi connectivity index (χ2v) is 4.65. The maximum atomic E-state index is 10.8. The van der Waals surface area contributed by atoms with E-state index < -0.39 is 5.60 Å². The molecule has 2 nitrogen and oxygen atoms in total. The predicted octanol–water partition coefficient (Wildman–Crippen LogP) is 1.91. The molecule has 2 rings (SSSR count). The molecule has 2 heteroatoms. The molecule has 0 aromatic carbocycles. The third-order valence-electron chi connectivity index (χ3n) is 3.90. The van der Waals surface area contributed by atoms with Gasteiger partial charge in [-0.15, -0.1) is 0 Å². The Labute approximate surface area is 79.3 Å². The summed E-state index contributed by atoms with van der Waals surface area (Å²) in [6.07, 6.45) is 8.31. The highest BCUT2D eigenvalue weighted by Gasteiger charge is 2.45. The maximum Gasteiger partial charge on any atom is 0.123 e. The molecule has 0 saturated heterocycles. The first kappa shape index (κ1) is 9.20. The fourth-order valence-corrected chi connectivity index (χ4v) is 3.18. The molecule has 2 saturated carbocycles. The lowest BCUT2D eigenvalue weighted by Gasteiger charge is -2.46. The first-order valence-corrected chi connectivity index (χ1v) is 5.44. The molecule has 1 N–H and O–H groups in total. The molecule has 2 aliphatic rings. The SMILES string of the molecule is O=CC1CCC[C@@]2(O)CCCC[C@@H]12. The lowest BCUT2D eigenvalue weighted by Crippen LogP contribution is -2.47. The third-order valence-corrected chi connectivity index (χ3v) is 3.90. The highest BCUT2D eigenvalue weighted by atomic mass is 16.3. The van der Waals surface area contributed by atoms with Gasteiger partial charge in [0.2, 0.25) is 0 Å². The topological polar surface area (TPSA) is 37.3 Å². The summed E-state index contributed by atoms with van der Waals surface area (Å²) in [5.41, 5.74) is -0.484. The Morgan fingerprint density at radius 1 is 1.15 bits per heavy atom. The molecule has 0 aromatic heterocycles. The van der Waals surface area contributed by atoms with Gasteiger partial charge < -0.3 is 9.90 Å². The molecule has 0 radical (unpaired) electrons. The van der Waals surface area contributed by atoms with Gasteiger partial charge in [0.05, 0.1) is 5.60 Å². The van der Waals surface area contributed by atoms with Crippen LogP contribution in [-0.2, 0) is 4.79 Å². The second kappa shape index (κ2) is 3.41. The molecular weight excluding hydrogens is 164 g/mol. The Kier molecular flexibility index (Phi) is 2.41. The minimum atomic E-state index is -0.484. The van der Waals surface area contributed by atoms with E-state index in [9.17, 15) is 9.90 Å². The molecule has 74 valence electrons. The van der Waals surface area contributed by atoms with Crippen LogP contribution in [-0.4, -0.2) is 17.0 Å². The van der Waals surface area contributed by atoms with Gasteiger partial charge in [-0.2, -0.15) is 0 Å². The van der Waals surface area contributed by atoms with Crippen molar-refractivity contribution in [3.8, 4) is 0 Å². The van der Waals surface area contributed by atoms with Crippen LogP contribution < -0.4 is 0 Å². The standard InChI is InChI=1S/C11H18O2/c12-8-9-4-3-7-11(13)6-2-1-5-10(9)11/h8-10,13H,1-7H2/t9?,10-,11-/m0/s1. The Hall–Kier alpha value is -0.370. The fourth-order valence-electron chi connectivity index (χ4n) is 3.18. The molecule has 2 aliphatic carbocycles. The van der Waals surface area contributed by atoms with Crippen molar-refractivity contribution in [2.75, 3.05) is 0 Å². The molecule has 13 heavy (non-hydrogen) atoms. The zero-order valence-corrected chi connectivity index (χ0v) is 8.04.